The highest BCUT2D eigenvalue weighted by atomic mass is 35.5. The van der Waals surface area contributed by atoms with Crippen molar-refractivity contribution < 1.29 is 18.7 Å². The van der Waals surface area contributed by atoms with Crippen molar-refractivity contribution in [3.63, 3.8) is 0 Å². The second-order valence-corrected chi connectivity index (χ2v) is 7.71. The second kappa shape index (κ2) is 8.64. The highest BCUT2D eigenvalue weighted by Gasteiger charge is 2.24. The third-order valence-electron chi connectivity index (χ3n) is 5.24. The first-order chi connectivity index (χ1) is 15.6. The highest BCUT2D eigenvalue weighted by molar-refractivity contribution is 6.30. The van der Waals surface area contributed by atoms with E-state index >= 15 is 0 Å². The Kier molecular flexibility index (Phi) is 5.55. The van der Waals surface area contributed by atoms with Gasteiger partial charge in [0.1, 0.15) is 6.10 Å². The van der Waals surface area contributed by atoms with Crippen LogP contribution >= 0.6 is 11.6 Å². The van der Waals surface area contributed by atoms with Crippen molar-refractivity contribution in [3.8, 4) is 34.5 Å². The summed E-state index contributed by atoms with van der Waals surface area (Å²) in [7, 11) is 1.60. The van der Waals surface area contributed by atoms with E-state index in [4.69, 9.17) is 30.3 Å². The van der Waals surface area contributed by atoms with E-state index < -0.39 is 0 Å². The van der Waals surface area contributed by atoms with Gasteiger partial charge in [0.15, 0.2) is 17.2 Å². The van der Waals surface area contributed by atoms with Crippen molar-refractivity contribution in [3.05, 3.63) is 64.8 Å². The molecule has 0 aliphatic carbocycles. The van der Waals surface area contributed by atoms with Crippen LogP contribution in [-0.2, 0) is 17.9 Å². The highest BCUT2D eigenvalue weighted by Crippen LogP contribution is 2.33. The monoisotopic (exact) mass is 452 g/mol. The molecule has 3 heterocycles. The minimum Gasteiger partial charge on any atom is -0.493 e. The molecule has 0 unspecified atom stereocenters. The largest absolute Gasteiger partial charge is 0.493 e. The van der Waals surface area contributed by atoms with Gasteiger partial charge in [0, 0.05) is 10.6 Å². The first kappa shape index (κ1) is 20.5. The van der Waals surface area contributed by atoms with E-state index in [1.165, 1.54) is 0 Å². The van der Waals surface area contributed by atoms with Crippen LogP contribution in [-0.4, -0.2) is 33.6 Å². The van der Waals surface area contributed by atoms with E-state index in [0.717, 1.165) is 16.8 Å². The smallest absolute Gasteiger partial charge is 0.278 e. The lowest BCUT2D eigenvalue weighted by Gasteiger charge is -2.24. The first-order valence-electron chi connectivity index (χ1n) is 10.2. The predicted octanol–water partition coefficient (Wildman–Crippen LogP) is 4.93. The van der Waals surface area contributed by atoms with E-state index in [9.17, 15) is 0 Å². The molecular weight excluding hydrogens is 432 g/mol. The number of methoxy groups -OCH3 is 1. The van der Waals surface area contributed by atoms with Crippen LogP contribution in [0, 0.1) is 0 Å². The van der Waals surface area contributed by atoms with E-state index in [-0.39, 0.29) is 6.10 Å². The summed E-state index contributed by atoms with van der Waals surface area (Å²) in [6.45, 7) is 3.47. The number of hydrogen-bond acceptors (Lipinski definition) is 7. The number of rotatable bonds is 6. The lowest BCUT2D eigenvalue weighted by molar-refractivity contribution is -0.00112. The van der Waals surface area contributed by atoms with Crippen molar-refractivity contribution in [1.29, 1.82) is 0 Å². The van der Waals surface area contributed by atoms with Crippen LogP contribution in [0.25, 0.3) is 23.0 Å². The maximum atomic E-state index is 6.02. The van der Waals surface area contributed by atoms with Gasteiger partial charge in [-0.3, -0.25) is 4.68 Å². The summed E-state index contributed by atoms with van der Waals surface area (Å²) >= 11 is 5.99. The topological polar surface area (TPSA) is 84.4 Å². The molecule has 0 amide bonds. The fourth-order valence-electron chi connectivity index (χ4n) is 3.64. The van der Waals surface area contributed by atoms with Gasteiger partial charge in [-0.25, -0.2) is 0 Å². The van der Waals surface area contributed by atoms with Gasteiger partial charge in [-0.15, -0.1) is 0 Å². The van der Waals surface area contributed by atoms with Crippen LogP contribution in [0.5, 0.6) is 11.5 Å². The van der Waals surface area contributed by atoms with Gasteiger partial charge in [-0.1, -0.05) is 28.9 Å². The average Bonchev–Trinajstić information content (AvgIpc) is 3.46. The van der Waals surface area contributed by atoms with Gasteiger partial charge >= 0.3 is 0 Å². The Morgan fingerprint density at radius 3 is 2.75 bits per heavy atom. The molecule has 2 aromatic carbocycles. The van der Waals surface area contributed by atoms with Crippen LogP contribution in [0.4, 0.5) is 0 Å². The average molecular weight is 453 g/mol. The van der Waals surface area contributed by atoms with E-state index in [2.05, 4.69) is 15.2 Å². The van der Waals surface area contributed by atoms with Crippen molar-refractivity contribution in [2.45, 2.75) is 26.2 Å². The van der Waals surface area contributed by atoms with Crippen molar-refractivity contribution in [2.24, 2.45) is 0 Å². The van der Waals surface area contributed by atoms with E-state index in [0.29, 0.717) is 53.7 Å². The fourth-order valence-corrected chi connectivity index (χ4v) is 3.76. The van der Waals surface area contributed by atoms with E-state index in [1.807, 2.05) is 60.1 Å². The normalized spacial score (nSPS) is 15.4. The van der Waals surface area contributed by atoms with Crippen LogP contribution in [0.15, 0.2) is 53.1 Å². The van der Waals surface area contributed by atoms with Crippen molar-refractivity contribution >= 4 is 11.6 Å². The van der Waals surface area contributed by atoms with E-state index in [1.54, 1.807) is 7.11 Å². The summed E-state index contributed by atoms with van der Waals surface area (Å²) in [6.07, 6.45) is -0.0953. The van der Waals surface area contributed by atoms with Gasteiger partial charge in [-0.05, 0) is 48.9 Å². The lowest BCUT2D eigenvalue weighted by Crippen LogP contribution is -2.21. The van der Waals surface area contributed by atoms with Crippen molar-refractivity contribution in [2.75, 3.05) is 13.7 Å². The third-order valence-corrected chi connectivity index (χ3v) is 5.50. The second-order valence-electron chi connectivity index (χ2n) is 7.28. The van der Waals surface area contributed by atoms with Crippen LogP contribution in [0.1, 0.15) is 24.3 Å². The number of benzene rings is 2. The number of ether oxygens (including phenoxy) is 3. The maximum absolute atomic E-state index is 6.02. The van der Waals surface area contributed by atoms with Gasteiger partial charge in [0.05, 0.1) is 32.6 Å². The molecule has 2 aromatic heterocycles. The van der Waals surface area contributed by atoms with Crippen LogP contribution in [0.2, 0.25) is 5.02 Å². The number of halogens is 1. The number of aromatic nitrogens is 4. The molecule has 4 aromatic rings. The Labute approximate surface area is 189 Å². The summed E-state index contributed by atoms with van der Waals surface area (Å²) in [5.41, 5.74) is 3.38. The lowest BCUT2D eigenvalue weighted by atomic mass is 10.1. The van der Waals surface area contributed by atoms with Gasteiger partial charge < -0.3 is 18.7 Å². The molecule has 0 spiro atoms. The van der Waals surface area contributed by atoms with Gasteiger partial charge in [-0.2, -0.15) is 10.1 Å². The Morgan fingerprint density at radius 1 is 1.12 bits per heavy atom. The molecule has 0 N–H and O–H groups in total. The van der Waals surface area contributed by atoms with Gasteiger partial charge in [0.25, 0.3) is 5.89 Å². The molecular formula is C23H21ClN4O4. The first-order valence-corrected chi connectivity index (χ1v) is 10.6. The van der Waals surface area contributed by atoms with Crippen LogP contribution in [0.3, 0.4) is 0 Å². The molecule has 1 atom stereocenters. The summed E-state index contributed by atoms with van der Waals surface area (Å²) in [5, 5.41) is 9.48. The number of nitrogens with zero attached hydrogens (tertiary/aromatic N) is 4. The summed E-state index contributed by atoms with van der Waals surface area (Å²) in [6, 6.07) is 15.1. The molecule has 0 bridgehead atoms. The third kappa shape index (κ3) is 3.94. The molecule has 164 valence electrons. The molecule has 0 fully saturated rings. The molecule has 1 aliphatic heterocycles. The summed E-state index contributed by atoms with van der Waals surface area (Å²) in [5.74, 6) is 2.07. The summed E-state index contributed by atoms with van der Waals surface area (Å²) < 4.78 is 24.4. The Balaban J connectivity index is 1.38. The van der Waals surface area contributed by atoms with Crippen molar-refractivity contribution in [1.82, 2.24) is 19.9 Å². The molecule has 9 heteroatoms. The molecule has 0 saturated carbocycles. The molecule has 1 aliphatic rings. The zero-order valence-corrected chi connectivity index (χ0v) is 18.4. The molecule has 0 saturated heterocycles. The molecule has 0 radical (unpaired) electrons. The Hall–Kier alpha value is -3.36. The Bertz CT molecular complexity index is 1240. The standard InChI is InChI=1S/C23H21ClN4O4/c1-3-30-20-10-15(6-9-19(20)29-2)22-25-23(32-27-22)18-11-17-13-31-21(12-28(17)26-18)14-4-7-16(24)8-5-14/h4-11,21H,3,12-13H2,1-2H3/t21-/m0/s1. The number of hydrogen-bond donors (Lipinski definition) is 0. The predicted molar refractivity (Wildman–Crippen MR) is 118 cm³/mol. The molecule has 8 nitrogen and oxygen atoms in total. The SMILES string of the molecule is CCOc1cc(-c2noc(-c3cc4n(n3)C[C@@H](c3ccc(Cl)cc3)OC4)n2)ccc1OC. The fraction of sp³-hybridized carbons (Fsp3) is 0.261. The summed E-state index contributed by atoms with van der Waals surface area (Å²) in [4.78, 5) is 4.53. The molecule has 32 heavy (non-hydrogen) atoms. The maximum Gasteiger partial charge on any atom is 0.278 e. The number of fused-ring (bicyclic) bond motifs is 1. The van der Waals surface area contributed by atoms with Gasteiger partial charge in [0.2, 0.25) is 5.82 Å². The Morgan fingerprint density at radius 2 is 1.97 bits per heavy atom. The zero-order valence-electron chi connectivity index (χ0n) is 17.6. The quantitative estimate of drug-likeness (QED) is 0.410. The zero-order chi connectivity index (χ0) is 22.1. The minimum absolute atomic E-state index is 0.0953. The minimum atomic E-state index is -0.0953. The molecule has 5 rings (SSSR count). The van der Waals surface area contributed by atoms with Crippen LogP contribution < -0.4 is 9.47 Å².